The molecule has 1 aromatic rings. The van der Waals surface area contributed by atoms with Gasteiger partial charge in [0.15, 0.2) is 5.69 Å². The molecule has 0 unspecified atom stereocenters. The van der Waals surface area contributed by atoms with Crippen LogP contribution in [0.15, 0.2) is 4.63 Å². The highest BCUT2D eigenvalue weighted by Gasteiger charge is 2.62. The molecule has 3 aliphatic rings. The van der Waals surface area contributed by atoms with Gasteiger partial charge in [0.1, 0.15) is 5.69 Å². The van der Waals surface area contributed by atoms with Crippen molar-refractivity contribution in [1.82, 2.24) is 25.4 Å². The summed E-state index contributed by atoms with van der Waals surface area (Å²) in [4.78, 5) is 29.0. The second kappa shape index (κ2) is 7.44. The first-order chi connectivity index (χ1) is 13.5. The predicted octanol–water partition coefficient (Wildman–Crippen LogP) is 0.456. The van der Waals surface area contributed by atoms with E-state index >= 15 is 0 Å². The third kappa shape index (κ3) is 3.20. The Morgan fingerprint density at radius 3 is 2.79 bits per heavy atom. The summed E-state index contributed by atoms with van der Waals surface area (Å²) in [5, 5.41) is 10.3. The van der Waals surface area contributed by atoms with Gasteiger partial charge < -0.3 is 15.0 Å². The molecule has 0 radical (unpaired) electrons. The average Bonchev–Trinajstić information content (AvgIpc) is 3.41. The van der Waals surface area contributed by atoms with Gasteiger partial charge in [0.25, 0.3) is 5.91 Å². The van der Waals surface area contributed by atoms with Crippen LogP contribution in [0.5, 0.6) is 0 Å². The standard InChI is InChI=1S/C19H29N5O4/c1-4-24(5-2)16(25)10-23-9-14-13(15-6-7-19(14,11-23)27-15)8-20-18(26)17-12(3)21-28-22-17/h13-15H,4-11H2,1-3H3,(H,20,26)/t13-,14+,15+,19+/m0/s1. The molecule has 3 saturated heterocycles. The second-order valence-electron chi connectivity index (χ2n) is 8.17. The first-order valence-corrected chi connectivity index (χ1v) is 10.2. The van der Waals surface area contributed by atoms with Crippen molar-refractivity contribution in [2.45, 2.75) is 45.3 Å². The van der Waals surface area contributed by atoms with Crippen LogP contribution >= 0.6 is 0 Å². The molecule has 28 heavy (non-hydrogen) atoms. The van der Waals surface area contributed by atoms with Gasteiger partial charge in [-0.05, 0) is 38.8 Å². The largest absolute Gasteiger partial charge is 0.370 e. The molecule has 3 fully saturated rings. The summed E-state index contributed by atoms with van der Waals surface area (Å²) in [6, 6.07) is 0. The average molecular weight is 391 g/mol. The van der Waals surface area contributed by atoms with Gasteiger partial charge in [-0.1, -0.05) is 5.16 Å². The van der Waals surface area contributed by atoms with Gasteiger partial charge in [0, 0.05) is 44.6 Å². The molecule has 0 aliphatic carbocycles. The van der Waals surface area contributed by atoms with Crippen molar-refractivity contribution in [1.29, 1.82) is 0 Å². The maximum atomic E-state index is 12.5. The van der Waals surface area contributed by atoms with Gasteiger partial charge in [0.2, 0.25) is 5.91 Å². The smallest absolute Gasteiger partial charge is 0.275 e. The monoisotopic (exact) mass is 391 g/mol. The van der Waals surface area contributed by atoms with E-state index in [1.54, 1.807) is 6.92 Å². The van der Waals surface area contributed by atoms with Gasteiger partial charge in [-0.25, -0.2) is 4.63 Å². The van der Waals surface area contributed by atoms with Crippen LogP contribution in [-0.4, -0.2) is 82.9 Å². The zero-order chi connectivity index (χ0) is 19.9. The Labute approximate surface area is 164 Å². The molecule has 2 bridgehead atoms. The van der Waals surface area contributed by atoms with Crippen molar-refractivity contribution in [2.75, 3.05) is 39.3 Å². The second-order valence-corrected chi connectivity index (χ2v) is 8.17. The number of hydrogen-bond donors (Lipinski definition) is 1. The number of likely N-dealkylation sites (N-methyl/N-ethyl adjacent to an activating group) is 1. The number of carbonyl (C=O) groups is 2. The Kier molecular flexibility index (Phi) is 5.13. The minimum absolute atomic E-state index is 0.158. The molecule has 3 aliphatic heterocycles. The first kappa shape index (κ1) is 19.3. The summed E-state index contributed by atoms with van der Waals surface area (Å²) >= 11 is 0. The van der Waals surface area contributed by atoms with E-state index in [1.807, 2.05) is 18.7 Å². The maximum absolute atomic E-state index is 12.5. The number of amides is 2. The first-order valence-electron chi connectivity index (χ1n) is 10.2. The summed E-state index contributed by atoms with van der Waals surface area (Å²) in [5.74, 6) is 0.510. The number of nitrogens with one attached hydrogen (secondary N) is 1. The van der Waals surface area contributed by atoms with Crippen molar-refractivity contribution in [2.24, 2.45) is 11.8 Å². The van der Waals surface area contributed by atoms with Crippen LogP contribution < -0.4 is 5.32 Å². The molecule has 4 rings (SSSR count). The lowest BCUT2D eigenvalue weighted by molar-refractivity contribution is -0.132. The van der Waals surface area contributed by atoms with Crippen molar-refractivity contribution < 1.29 is 19.0 Å². The topological polar surface area (TPSA) is 101 Å². The molecule has 0 saturated carbocycles. The van der Waals surface area contributed by atoms with Crippen molar-refractivity contribution >= 4 is 11.8 Å². The number of fused-ring (bicyclic) bond motifs is 1. The Balaban J connectivity index is 1.38. The fraction of sp³-hybridized carbons (Fsp3) is 0.789. The summed E-state index contributed by atoms with van der Waals surface area (Å²) in [5.41, 5.74) is 0.561. The predicted molar refractivity (Wildman–Crippen MR) is 99.6 cm³/mol. The minimum Gasteiger partial charge on any atom is -0.370 e. The number of aryl methyl sites for hydroxylation is 1. The highest BCUT2D eigenvalue weighted by molar-refractivity contribution is 5.92. The summed E-state index contributed by atoms with van der Waals surface area (Å²) in [7, 11) is 0. The number of rotatable bonds is 7. The summed E-state index contributed by atoms with van der Waals surface area (Å²) < 4.78 is 11.0. The van der Waals surface area contributed by atoms with E-state index in [-0.39, 0.29) is 35.1 Å². The van der Waals surface area contributed by atoms with Gasteiger partial charge in [-0.3, -0.25) is 14.5 Å². The van der Waals surface area contributed by atoms with Gasteiger partial charge in [-0.2, -0.15) is 0 Å². The van der Waals surface area contributed by atoms with E-state index in [9.17, 15) is 9.59 Å². The van der Waals surface area contributed by atoms with E-state index in [0.29, 0.717) is 24.7 Å². The Bertz CT molecular complexity index is 748. The highest BCUT2D eigenvalue weighted by atomic mass is 16.6. The minimum atomic E-state index is -0.262. The molecule has 1 aromatic heterocycles. The summed E-state index contributed by atoms with van der Waals surface area (Å²) in [6.07, 6.45) is 2.23. The van der Waals surface area contributed by atoms with Crippen LogP contribution in [0.4, 0.5) is 0 Å². The molecule has 4 atom stereocenters. The number of likely N-dealkylation sites (tertiary alicyclic amines) is 1. The van der Waals surface area contributed by atoms with E-state index in [4.69, 9.17) is 4.74 Å². The third-order valence-corrected chi connectivity index (χ3v) is 6.70. The molecule has 2 amide bonds. The molecule has 4 heterocycles. The zero-order valence-electron chi connectivity index (χ0n) is 16.8. The number of ether oxygens (including phenoxy) is 1. The van der Waals surface area contributed by atoms with Crippen LogP contribution in [0.3, 0.4) is 0 Å². The highest BCUT2D eigenvalue weighted by Crippen LogP contribution is 2.54. The Morgan fingerprint density at radius 2 is 2.11 bits per heavy atom. The molecule has 1 spiro atoms. The SMILES string of the molecule is CCN(CC)C(=O)CN1C[C@@H]2[C@H](CNC(=O)c3nonc3C)[C@H]3CC[C@]2(C1)O3. The van der Waals surface area contributed by atoms with E-state index < -0.39 is 0 Å². The number of hydrogen-bond acceptors (Lipinski definition) is 7. The van der Waals surface area contributed by atoms with E-state index in [0.717, 1.165) is 39.0 Å². The molecule has 154 valence electrons. The lowest BCUT2D eigenvalue weighted by Gasteiger charge is -2.29. The van der Waals surface area contributed by atoms with Gasteiger partial charge in [-0.15, -0.1) is 0 Å². The number of nitrogens with zero attached hydrogens (tertiary/aromatic N) is 4. The Morgan fingerprint density at radius 1 is 1.32 bits per heavy atom. The number of aromatic nitrogens is 2. The summed E-state index contributed by atoms with van der Waals surface area (Å²) in [6.45, 7) is 9.82. The van der Waals surface area contributed by atoms with E-state index in [2.05, 4.69) is 25.2 Å². The fourth-order valence-electron chi connectivity index (χ4n) is 5.28. The lowest BCUT2D eigenvalue weighted by Crippen LogP contribution is -2.42. The third-order valence-electron chi connectivity index (χ3n) is 6.70. The van der Waals surface area contributed by atoms with Crippen LogP contribution in [0.1, 0.15) is 42.9 Å². The van der Waals surface area contributed by atoms with Crippen molar-refractivity contribution in [3.8, 4) is 0 Å². The molecule has 0 aromatic carbocycles. The Hall–Kier alpha value is -2.00. The number of carbonyl (C=O) groups excluding carboxylic acids is 2. The molecule has 9 nitrogen and oxygen atoms in total. The molecule has 1 N–H and O–H groups in total. The van der Waals surface area contributed by atoms with Crippen LogP contribution in [0, 0.1) is 18.8 Å². The quantitative estimate of drug-likeness (QED) is 0.720. The van der Waals surface area contributed by atoms with Crippen LogP contribution in [0.2, 0.25) is 0 Å². The molecular weight excluding hydrogens is 362 g/mol. The van der Waals surface area contributed by atoms with Crippen molar-refractivity contribution in [3.05, 3.63) is 11.4 Å². The fourth-order valence-corrected chi connectivity index (χ4v) is 5.28. The zero-order valence-corrected chi connectivity index (χ0v) is 16.8. The van der Waals surface area contributed by atoms with E-state index in [1.165, 1.54) is 0 Å². The molecule has 9 heteroatoms. The van der Waals surface area contributed by atoms with Crippen LogP contribution in [0.25, 0.3) is 0 Å². The van der Waals surface area contributed by atoms with Gasteiger partial charge in [0.05, 0.1) is 18.2 Å². The maximum Gasteiger partial charge on any atom is 0.275 e. The van der Waals surface area contributed by atoms with Crippen molar-refractivity contribution in [3.63, 3.8) is 0 Å². The van der Waals surface area contributed by atoms with Crippen LogP contribution in [-0.2, 0) is 9.53 Å². The normalized spacial score (nSPS) is 31.2. The lowest BCUT2D eigenvalue weighted by atomic mass is 9.73. The van der Waals surface area contributed by atoms with Gasteiger partial charge >= 0.3 is 0 Å². The molecular formula is C19H29N5O4.